The quantitative estimate of drug-likeness (QED) is 0.707. The maximum atomic E-state index is 11.8. The fraction of sp³-hybridized carbons (Fsp3) is 0.615. The van der Waals surface area contributed by atoms with E-state index in [0.717, 1.165) is 18.8 Å². The molecule has 0 saturated heterocycles. The zero-order valence-corrected chi connectivity index (χ0v) is 11.5. The lowest BCUT2D eigenvalue weighted by Crippen LogP contribution is -2.37. The lowest BCUT2D eigenvalue weighted by Gasteiger charge is -2.16. The fourth-order valence-electron chi connectivity index (χ4n) is 2.09. The summed E-state index contributed by atoms with van der Waals surface area (Å²) in [6.07, 6.45) is 7.40. The number of aliphatic carboxylic acids is 1. The van der Waals surface area contributed by atoms with Crippen LogP contribution in [0.25, 0.3) is 0 Å². The van der Waals surface area contributed by atoms with Gasteiger partial charge >= 0.3 is 12.0 Å². The van der Waals surface area contributed by atoms with Crippen molar-refractivity contribution in [2.75, 3.05) is 5.32 Å². The highest BCUT2D eigenvalue weighted by Gasteiger charge is 2.25. The molecular formula is C13H20N4O3. The summed E-state index contributed by atoms with van der Waals surface area (Å²) in [6.45, 7) is 1.83. The van der Waals surface area contributed by atoms with E-state index >= 15 is 0 Å². The highest BCUT2D eigenvalue weighted by Crippen LogP contribution is 2.34. The van der Waals surface area contributed by atoms with E-state index in [-0.39, 0.29) is 18.6 Å². The summed E-state index contributed by atoms with van der Waals surface area (Å²) < 4.78 is 1.26. The van der Waals surface area contributed by atoms with Gasteiger partial charge in [0.1, 0.15) is 6.54 Å². The van der Waals surface area contributed by atoms with Crippen LogP contribution in [0, 0.1) is 5.92 Å². The van der Waals surface area contributed by atoms with E-state index in [1.165, 1.54) is 29.9 Å². The van der Waals surface area contributed by atoms with Gasteiger partial charge in [-0.3, -0.25) is 9.48 Å². The van der Waals surface area contributed by atoms with Crippen LogP contribution < -0.4 is 10.6 Å². The molecule has 0 spiro atoms. The van der Waals surface area contributed by atoms with Crippen molar-refractivity contribution in [3.05, 3.63) is 12.4 Å². The average Bonchev–Trinajstić information content (AvgIpc) is 3.09. The molecule has 0 aliphatic heterocycles. The molecule has 7 nitrogen and oxygen atoms in total. The van der Waals surface area contributed by atoms with E-state index in [4.69, 9.17) is 5.11 Å². The van der Waals surface area contributed by atoms with E-state index in [1.54, 1.807) is 0 Å². The van der Waals surface area contributed by atoms with Crippen LogP contribution in [0.5, 0.6) is 0 Å². The Hall–Kier alpha value is -2.05. The molecule has 1 atom stereocenters. The van der Waals surface area contributed by atoms with E-state index < -0.39 is 5.97 Å². The van der Waals surface area contributed by atoms with Crippen molar-refractivity contribution in [1.29, 1.82) is 0 Å². The third kappa shape index (κ3) is 4.56. The molecule has 0 aromatic carbocycles. The van der Waals surface area contributed by atoms with Gasteiger partial charge in [-0.15, -0.1) is 0 Å². The highest BCUT2D eigenvalue weighted by molar-refractivity contribution is 5.89. The van der Waals surface area contributed by atoms with E-state index in [2.05, 4.69) is 22.7 Å². The number of carboxylic acid groups (broad SMARTS) is 1. The smallest absolute Gasteiger partial charge is 0.325 e. The van der Waals surface area contributed by atoms with E-state index in [0.29, 0.717) is 5.69 Å². The first-order valence-electron chi connectivity index (χ1n) is 6.88. The van der Waals surface area contributed by atoms with Gasteiger partial charge in [0.15, 0.2) is 0 Å². The Kier molecular flexibility index (Phi) is 4.60. The molecule has 3 N–H and O–H groups in total. The lowest BCUT2D eigenvalue weighted by atomic mass is 10.1. The minimum absolute atomic E-state index is 0.191. The van der Waals surface area contributed by atoms with Crippen molar-refractivity contribution in [2.45, 2.75) is 45.2 Å². The molecular weight excluding hydrogens is 260 g/mol. The number of amides is 2. The van der Waals surface area contributed by atoms with Gasteiger partial charge < -0.3 is 15.7 Å². The van der Waals surface area contributed by atoms with Gasteiger partial charge in [0, 0.05) is 12.2 Å². The van der Waals surface area contributed by atoms with Crippen molar-refractivity contribution >= 4 is 17.7 Å². The fourth-order valence-corrected chi connectivity index (χ4v) is 2.09. The molecule has 20 heavy (non-hydrogen) atoms. The molecule has 1 unspecified atom stereocenters. The SMILES string of the molecule is CCC(CC1CC1)NC(=O)Nc1cnn(CC(=O)O)c1. The van der Waals surface area contributed by atoms with Gasteiger partial charge in [0.05, 0.1) is 11.9 Å². The topological polar surface area (TPSA) is 96.3 Å². The molecule has 1 fully saturated rings. The van der Waals surface area contributed by atoms with Gasteiger partial charge in [-0.2, -0.15) is 5.10 Å². The van der Waals surface area contributed by atoms with Gasteiger partial charge in [-0.05, 0) is 18.8 Å². The third-order valence-electron chi connectivity index (χ3n) is 3.33. The minimum atomic E-state index is -0.973. The van der Waals surface area contributed by atoms with Crippen LogP contribution in [0.1, 0.15) is 32.6 Å². The largest absolute Gasteiger partial charge is 0.480 e. The normalized spacial score (nSPS) is 15.7. The van der Waals surface area contributed by atoms with E-state index in [9.17, 15) is 9.59 Å². The average molecular weight is 280 g/mol. The van der Waals surface area contributed by atoms with Crippen LogP contribution in [0.15, 0.2) is 12.4 Å². The maximum absolute atomic E-state index is 11.8. The van der Waals surface area contributed by atoms with E-state index in [1.807, 2.05) is 0 Å². The molecule has 1 heterocycles. The summed E-state index contributed by atoms with van der Waals surface area (Å²) in [4.78, 5) is 22.4. The zero-order valence-electron chi connectivity index (χ0n) is 11.5. The number of anilines is 1. The molecule has 0 bridgehead atoms. The van der Waals surface area contributed by atoms with Crippen LogP contribution in [-0.2, 0) is 11.3 Å². The first kappa shape index (κ1) is 14.4. The summed E-state index contributed by atoms with van der Waals surface area (Å²) in [5.74, 6) is -0.210. The Morgan fingerprint density at radius 3 is 2.90 bits per heavy atom. The van der Waals surface area contributed by atoms with Crippen LogP contribution in [0.2, 0.25) is 0 Å². The predicted molar refractivity (Wildman–Crippen MR) is 73.4 cm³/mol. The number of carbonyl (C=O) groups excluding carboxylic acids is 1. The van der Waals surface area contributed by atoms with Crippen molar-refractivity contribution in [3.63, 3.8) is 0 Å². The molecule has 1 saturated carbocycles. The number of carbonyl (C=O) groups is 2. The molecule has 1 aliphatic rings. The van der Waals surface area contributed by atoms with Crippen molar-refractivity contribution in [2.24, 2.45) is 5.92 Å². The predicted octanol–water partition coefficient (Wildman–Crippen LogP) is 1.67. The second-order valence-corrected chi connectivity index (χ2v) is 5.20. The molecule has 1 aromatic rings. The first-order valence-corrected chi connectivity index (χ1v) is 6.88. The van der Waals surface area contributed by atoms with Crippen LogP contribution in [0.4, 0.5) is 10.5 Å². The standard InChI is InChI=1S/C13H20N4O3/c1-2-10(5-9-3-4-9)15-13(20)16-11-6-14-17(7-11)8-12(18)19/h6-7,9-10H,2-5,8H2,1H3,(H,18,19)(H2,15,16,20). The van der Waals surface area contributed by atoms with Crippen molar-refractivity contribution in [1.82, 2.24) is 15.1 Å². The molecule has 1 aliphatic carbocycles. The Morgan fingerprint density at radius 1 is 1.55 bits per heavy atom. The Balaban J connectivity index is 1.80. The molecule has 2 amide bonds. The summed E-state index contributed by atoms with van der Waals surface area (Å²) in [6, 6.07) is -0.0797. The highest BCUT2D eigenvalue weighted by atomic mass is 16.4. The molecule has 7 heteroatoms. The second kappa shape index (κ2) is 6.40. The summed E-state index contributed by atoms with van der Waals surface area (Å²) in [7, 11) is 0. The number of nitrogens with zero attached hydrogens (tertiary/aromatic N) is 2. The number of hydrogen-bond acceptors (Lipinski definition) is 3. The van der Waals surface area contributed by atoms with Gasteiger partial charge in [-0.1, -0.05) is 19.8 Å². The second-order valence-electron chi connectivity index (χ2n) is 5.20. The minimum Gasteiger partial charge on any atom is -0.480 e. The number of aromatic nitrogens is 2. The number of hydrogen-bond donors (Lipinski definition) is 3. The molecule has 2 rings (SSSR count). The monoisotopic (exact) mass is 280 g/mol. The maximum Gasteiger partial charge on any atom is 0.325 e. The van der Waals surface area contributed by atoms with Crippen LogP contribution in [0.3, 0.4) is 0 Å². The summed E-state index contributed by atoms with van der Waals surface area (Å²) in [5, 5.41) is 18.1. The number of carboxylic acids is 1. The number of urea groups is 1. The molecule has 0 radical (unpaired) electrons. The Bertz CT molecular complexity index is 482. The van der Waals surface area contributed by atoms with Crippen LogP contribution >= 0.6 is 0 Å². The number of nitrogens with one attached hydrogen (secondary N) is 2. The molecule has 1 aromatic heterocycles. The third-order valence-corrected chi connectivity index (χ3v) is 3.33. The Morgan fingerprint density at radius 2 is 2.30 bits per heavy atom. The van der Waals surface area contributed by atoms with Gasteiger partial charge in [0.25, 0.3) is 0 Å². The summed E-state index contributed by atoms with van der Waals surface area (Å²) >= 11 is 0. The van der Waals surface area contributed by atoms with Crippen molar-refractivity contribution in [3.8, 4) is 0 Å². The molecule has 110 valence electrons. The Labute approximate surface area is 117 Å². The van der Waals surface area contributed by atoms with Crippen LogP contribution in [-0.4, -0.2) is 32.9 Å². The zero-order chi connectivity index (χ0) is 14.5. The number of rotatable bonds is 7. The van der Waals surface area contributed by atoms with Gasteiger partial charge in [0.2, 0.25) is 0 Å². The summed E-state index contributed by atoms with van der Waals surface area (Å²) in [5.41, 5.74) is 0.491. The van der Waals surface area contributed by atoms with Crippen molar-refractivity contribution < 1.29 is 14.7 Å². The van der Waals surface area contributed by atoms with Gasteiger partial charge in [-0.25, -0.2) is 4.79 Å². The lowest BCUT2D eigenvalue weighted by molar-refractivity contribution is -0.137. The first-order chi connectivity index (χ1) is 9.56.